The summed E-state index contributed by atoms with van der Waals surface area (Å²) in [6.45, 7) is 6.13. The lowest BCUT2D eigenvalue weighted by atomic mass is 10.0. The summed E-state index contributed by atoms with van der Waals surface area (Å²) >= 11 is 11.9. The van der Waals surface area contributed by atoms with Crippen molar-refractivity contribution in [3.05, 3.63) is 33.8 Å². The number of hydrogen-bond acceptors (Lipinski definition) is 3. The van der Waals surface area contributed by atoms with Crippen LogP contribution in [0.4, 0.5) is 0 Å². The van der Waals surface area contributed by atoms with Crippen LogP contribution in [0, 0.1) is 0 Å². The van der Waals surface area contributed by atoms with Gasteiger partial charge < -0.3 is 4.90 Å². The minimum absolute atomic E-state index is 0.0204. The SMILES string of the molecule is CC(=O)N1CCN(C(C)C(=O)c2ccc(Cl)cc2Cl)CC1. The van der Waals surface area contributed by atoms with Crippen LogP contribution in [-0.4, -0.2) is 53.7 Å². The lowest BCUT2D eigenvalue weighted by molar-refractivity contribution is -0.130. The number of benzene rings is 1. The molecule has 1 unspecified atom stereocenters. The van der Waals surface area contributed by atoms with Crippen LogP contribution in [0.1, 0.15) is 24.2 Å². The Kier molecular flexibility index (Phi) is 5.25. The minimum atomic E-state index is -0.266. The maximum Gasteiger partial charge on any atom is 0.219 e. The second-order valence-corrected chi connectivity index (χ2v) is 6.05. The summed E-state index contributed by atoms with van der Waals surface area (Å²) in [5.74, 6) is 0.0577. The van der Waals surface area contributed by atoms with E-state index in [9.17, 15) is 9.59 Å². The second-order valence-electron chi connectivity index (χ2n) is 5.21. The normalized spacial score (nSPS) is 17.6. The molecule has 1 aromatic carbocycles. The molecule has 1 saturated heterocycles. The molecule has 4 nitrogen and oxygen atoms in total. The van der Waals surface area contributed by atoms with Gasteiger partial charge in [-0.2, -0.15) is 0 Å². The maximum atomic E-state index is 12.5. The quantitative estimate of drug-likeness (QED) is 0.801. The number of Topliss-reactive ketones (excluding diaryl/α,β-unsaturated/α-hetero) is 1. The standard InChI is InChI=1S/C15H18Cl2N2O2/c1-10(18-5-7-19(8-6-18)11(2)20)15(21)13-4-3-12(16)9-14(13)17/h3-4,9-10H,5-8H2,1-2H3. The molecule has 0 aliphatic carbocycles. The topological polar surface area (TPSA) is 40.6 Å². The Bertz CT molecular complexity index is 555. The molecule has 0 bridgehead atoms. The number of amides is 1. The summed E-state index contributed by atoms with van der Waals surface area (Å²) in [4.78, 5) is 27.7. The van der Waals surface area contributed by atoms with Crippen LogP contribution in [0.2, 0.25) is 10.0 Å². The summed E-state index contributed by atoms with van der Waals surface area (Å²) in [7, 11) is 0. The third-order valence-corrected chi connectivity index (χ3v) is 4.43. The molecule has 6 heteroatoms. The first kappa shape index (κ1) is 16.3. The van der Waals surface area contributed by atoms with Gasteiger partial charge in [-0.1, -0.05) is 23.2 Å². The molecular weight excluding hydrogens is 311 g/mol. The summed E-state index contributed by atoms with van der Waals surface area (Å²) in [5, 5.41) is 0.890. The molecule has 0 aromatic heterocycles. The van der Waals surface area contributed by atoms with Crippen molar-refractivity contribution in [3.63, 3.8) is 0 Å². The molecule has 0 N–H and O–H groups in total. The smallest absolute Gasteiger partial charge is 0.219 e. The number of ketones is 1. The zero-order valence-electron chi connectivity index (χ0n) is 12.1. The van der Waals surface area contributed by atoms with Gasteiger partial charge in [0.2, 0.25) is 5.91 Å². The van der Waals surface area contributed by atoms with Crippen molar-refractivity contribution < 1.29 is 9.59 Å². The summed E-state index contributed by atoms with van der Waals surface area (Å²) in [6.07, 6.45) is 0. The summed E-state index contributed by atoms with van der Waals surface area (Å²) in [6, 6.07) is 4.64. The fourth-order valence-electron chi connectivity index (χ4n) is 2.50. The van der Waals surface area contributed by atoms with Crippen LogP contribution in [0.3, 0.4) is 0 Å². The number of piperazine rings is 1. The fraction of sp³-hybridized carbons (Fsp3) is 0.467. The molecule has 1 aliphatic heterocycles. The highest BCUT2D eigenvalue weighted by Gasteiger charge is 2.27. The van der Waals surface area contributed by atoms with Crippen molar-refractivity contribution in [2.24, 2.45) is 0 Å². The Hall–Kier alpha value is -1.10. The van der Waals surface area contributed by atoms with Gasteiger partial charge in [0.25, 0.3) is 0 Å². The van der Waals surface area contributed by atoms with Crippen LogP contribution in [0.5, 0.6) is 0 Å². The first-order chi connectivity index (χ1) is 9.90. The van der Waals surface area contributed by atoms with E-state index in [-0.39, 0.29) is 17.7 Å². The van der Waals surface area contributed by atoms with Crippen molar-refractivity contribution in [1.82, 2.24) is 9.80 Å². The Labute approximate surface area is 134 Å². The number of hydrogen-bond donors (Lipinski definition) is 0. The van der Waals surface area contributed by atoms with Gasteiger partial charge in [0.1, 0.15) is 0 Å². The lowest BCUT2D eigenvalue weighted by Gasteiger charge is -2.37. The number of rotatable bonds is 3. The van der Waals surface area contributed by atoms with Crippen molar-refractivity contribution in [3.8, 4) is 0 Å². The maximum absolute atomic E-state index is 12.5. The van der Waals surface area contributed by atoms with Gasteiger partial charge in [-0.3, -0.25) is 14.5 Å². The largest absolute Gasteiger partial charge is 0.340 e. The highest BCUT2D eigenvalue weighted by atomic mass is 35.5. The van der Waals surface area contributed by atoms with E-state index < -0.39 is 0 Å². The van der Waals surface area contributed by atoms with Crippen LogP contribution in [0.15, 0.2) is 18.2 Å². The number of carbonyl (C=O) groups is 2. The van der Waals surface area contributed by atoms with E-state index in [4.69, 9.17) is 23.2 Å². The second kappa shape index (κ2) is 6.77. The first-order valence-corrected chi connectivity index (χ1v) is 7.64. The van der Waals surface area contributed by atoms with Gasteiger partial charge in [0.15, 0.2) is 5.78 Å². The molecule has 0 saturated carbocycles. The number of carbonyl (C=O) groups excluding carboxylic acids is 2. The molecule has 1 amide bonds. The van der Waals surface area contributed by atoms with Crippen molar-refractivity contribution in [2.75, 3.05) is 26.2 Å². The zero-order chi connectivity index (χ0) is 15.6. The highest BCUT2D eigenvalue weighted by Crippen LogP contribution is 2.23. The Morgan fingerprint density at radius 2 is 1.76 bits per heavy atom. The Balaban J connectivity index is 2.05. The van der Waals surface area contributed by atoms with Gasteiger partial charge in [-0.05, 0) is 25.1 Å². The van der Waals surface area contributed by atoms with Crippen LogP contribution < -0.4 is 0 Å². The van der Waals surface area contributed by atoms with E-state index in [1.807, 2.05) is 6.92 Å². The molecule has 0 radical (unpaired) electrons. The molecule has 1 aliphatic rings. The van der Waals surface area contributed by atoms with E-state index >= 15 is 0 Å². The zero-order valence-corrected chi connectivity index (χ0v) is 13.6. The van der Waals surface area contributed by atoms with Crippen LogP contribution in [-0.2, 0) is 4.79 Å². The fourth-order valence-corrected chi connectivity index (χ4v) is 3.01. The molecule has 2 rings (SSSR count). The summed E-state index contributed by atoms with van der Waals surface area (Å²) in [5.41, 5.74) is 0.488. The van der Waals surface area contributed by atoms with E-state index in [1.54, 1.807) is 30.0 Å². The van der Waals surface area contributed by atoms with E-state index in [0.29, 0.717) is 41.8 Å². The minimum Gasteiger partial charge on any atom is -0.340 e. The predicted octanol–water partition coefficient (Wildman–Crippen LogP) is 2.73. The molecule has 114 valence electrons. The molecule has 21 heavy (non-hydrogen) atoms. The first-order valence-electron chi connectivity index (χ1n) is 6.89. The van der Waals surface area contributed by atoms with Crippen molar-refractivity contribution in [1.29, 1.82) is 0 Å². The monoisotopic (exact) mass is 328 g/mol. The van der Waals surface area contributed by atoms with Crippen molar-refractivity contribution in [2.45, 2.75) is 19.9 Å². The van der Waals surface area contributed by atoms with Gasteiger partial charge in [-0.25, -0.2) is 0 Å². The molecule has 1 atom stereocenters. The van der Waals surface area contributed by atoms with Gasteiger partial charge in [0.05, 0.1) is 11.1 Å². The van der Waals surface area contributed by atoms with E-state index in [2.05, 4.69) is 4.90 Å². The third kappa shape index (κ3) is 3.76. The van der Waals surface area contributed by atoms with Gasteiger partial charge in [0, 0.05) is 43.7 Å². The van der Waals surface area contributed by atoms with Crippen LogP contribution >= 0.6 is 23.2 Å². The van der Waals surface area contributed by atoms with Crippen molar-refractivity contribution >= 4 is 34.9 Å². The van der Waals surface area contributed by atoms with Crippen LogP contribution in [0.25, 0.3) is 0 Å². The Morgan fingerprint density at radius 1 is 1.14 bits per heavy atom. The number of halogens is 2. The molecule has 0 spiro atoms. The Morgan fingerprint density at radius 3 is 2.29 bits per heavy atom. The third-order valence-electron chi connectivity index (χ3n) is 3.88. The average molecular weight is 329 g/mol. The van der Waals surface area contributed by atoms with Gasteiger partial charge in [-0.15, -0.1) is 0 Å². The molecule has 1 aromatic rings. The predicted molar refractivity (Wildman–Crippen MR) is 84.1 cm³/mol. The molecular formula is C15H18Cl2N2O2. The molecule has 1 heterocycles. The summed E-state index contributed by atoms with van der Waals surface area (Å²) < 4.78 is 0. The van der Waals surface area contributed by atoms with E-state index in [0.717, 1.165) is 0 Å². The highest BCUT2D eigenvalue weighted by molar-refractivity contribution is 6.37. The average Bonchev–Trinajstić information content (AvgIpc) is 2.46. The van der Waals surface area contributed by atoms with Gasteiger partial charge >= 0.3 is 0 Å². The van der Waals surface area contributed by atoms with E-state index in [1.165, 1.54) is 0 Å². The number of nitrogens with zero attached hydrogens (tertiary/aromatic N) is 2. The lowest BCUT2D eigenvalue weighted by Crippen LogP contribution is -2.52. The molecule has 1 fully saturated rings.